The van der Waals surface area contributed by atoms with Crippen molar-refractivity contribution in [3.8, 4) is 22.5 Å². The van der Waals surface area contributed by atoms with E-state index in [0.717, 1.165) is 58.9 Å². The number of rotatable bonds is 8. The molecule has 1 fully saturated rings. The van der Waals surface area contributed by atoms with Gasteiger partial charge in [0, 0.05) is 35.5 Å². The van der Waals surface area contributed by atoms with E-state index >= 15 is 0 Å². The molecule has 4 aromatic rings. The smallest absolute Gasteiger partial charge is 0.251 e. The van der Waals surface area contributed by atoms with E-state index in [1.165, 1.54) is 0 Å². The summed E-state index contributed by atoms with van der Waals surface area (Å²) in [7, 11) is 0. The monoisotopic (exact) mass is 469 g/mol. The first-order valence-electron chi connectivity index (χ1n) is 12.2. The summed E-state index contributed by atoms with van der Waals surface area (Å²) in [6.45, 7) is 6.84. The molecule has 0 spiro atoms. The van der Waals surface area contributed by atoms with E-state index in [2.05, 4.69) is 29.5 Å². The van der Waals surface area contributed by atoms with Crippen molar-refractivity contribution in [1.82, 2.24) is 19.7 Å². The molecule has 0 bridgehead atoms. The zero-order chi connectivity index (χ0) is 24.5. The Kier molecular flexibility index (Phi) is 6.26. The normalized spacial score (nSPS) is 14.3. The van der Waals surface area contributed by atoms with E-state index in [1.54, 1.807) is 6.92 Å². The molecule has 1 saturated carbocycles. The van der Waals surface area contributed by atoms with Crippen LogP contribution in [0.2, 0.25) is 0 Å². The van der Waals surface area contributed by atoms with E-state index in [-0.39, 0.29) is 5.91 Å². The second kappa shape index (κ2) is 9.50. The van der Waals surface area contributed by atoms with Gasteiger partial charge < -0.3 is 15.7 Å². The van der Waals surface area contributed by atoms with E-state index in [1.807, 2.05) is 65.3 Å². The molecular formula is C28H31N5O2. The Morgan fingerprint density at radius 1 is 1.06 bits per heavy atom. The Balaban J connectivity index is 1.53. The average Bonchev–Trinajstić information content (AvgIpc) is 3.57. The third-order valence-electron chi connectivity index (χ3n) is 6.21. The molecule has 2 aromatic heterocycles. The molecule has 2 aromatic carbocycles. The number of fused-ring (bicyclic) bond motifs is 1. The third-order valence-corrected chi connectivity index (χ3v) is 6.21. The number of imidazole rings is 1. The third kappa shape index (κ3) is 5.05. The lowest BCUT2D eigenvalue weighted by Gasteiger charge is -2.13. The van der Waals surface area contributed by atoms with Crippen molar-refractivity contribution in [3.63, 3.8) is 0 Å². The molecule has 180 valence electrons. The highest BCUT2D eigenvalue weighted by Gasteiger charge is 2.23. The van der Waals surface area contributed by atoms with Crippen LogP contribution in [0.15, 0.2) is 60.9 Å². The summed E-state index contributed by atoms with van der Waals surface area (Å²) in [5, 5.41) is 16.3. The topological polar surface area (TPSA) is 91.5 Å². The molecule has 1 unspecified atom stereocenters. The molecule has 0 radical (unpaired) electrons. The van der Waals surface area contributed by atoms with Crippen molar-refractivity contribution >= 4 is 17.4 Å². The fourth-order valence-electron chi connectivity index (χ4n) is 3.98. The van der Waals surface area contributed by atoms with Gasteiger partial charge in [-0.2, -0.15) is 0 Å². The van der Waals surface area contributed by atoms with E-state index in [0.29, 0.717) is 17.5 Å². The number of aliphatic hydroxyl groups is 1. The van der Waals surface area contributed by atoms with E-state index in [9.17, 15) is 9.90 Å². The zero-order valence-electron chi connectivity index (χ0n) is 20.3. The van der Waals surface area contributed by atoms with Crippen molar-refractivity contribution in [2.75, 3.05) is 11.9 Å². The minimum Gasteiger partial charge on any atom is -0.389 e. The lowest BCUT2D eigenvalue weighted by molar-refractivity contribution is 0.0951. The molecule has 35 heavy (non-hydrogen) atoms. The minimum absolute atomic E-state index is 0.0236. The van der Waals surface area contributed by atoms with Crippen molar-refractivity contribution in [2.24, 2.45) is 5.92 Å². The van der Waals surface area contributed by atoms with Gasteiger partial charge in [-0.3, -0.25) is 9.20 Å². The Morgan fingerprint density at radius 3 is 2.37 bits per heavy atom. The molecule has 5 rings (SSSR count). The number of hydrogen-bond donors (Lipinski definition) is 3. The summed E-state index contributed by atoms with van der Waals surface area (Å²) in [6.07, 6.45) is 5.45. The zero-order valence-corrected chi connectivity index (χ0v) is 20.3. The first-order valence-corrected chi connectivity index (χ1v) is 12.2. The predicted molar refractivity (Wildman–Crippen MR) is 138 cm³/mol. The van der Waals surface area contributed by atoms with Gasteiger partial charge in [-0.05, 0) is 43.4 Å². The Morgan fingerprint density at radius 2 is 1.74 bits per heavy atom. The van der Waals surface area contributed by atoms with Crippen LogP contribution in [-0.4, -0.2) is 38.0 Å². The predicted octanol–water partition coefficient (Wildman–Crippen LogP) is 5.08. The van der Waals surface area contributed by atoms with Crippen LogP contribution < -0.4 is 10.6 Å². The largest absolute Gasteiger partial charge is 0.389 e. The van der Waals surface area contributed by atoms with E-state index < -0.39 is 6.10 Å². The van der Waals surface area contributed by atoms with Crippen LogP contribution in [0.5, 0.6) is 0 Å². The molecule has 1 atom stereocenters. The molecule has 1 aliphatic rings. The molecule has 1 aliphatic carbocycles. The van der Waals surface area contributed by atoms with Crippen molar-refractivity contribution in [1.29, 1.82) is 0 Å². The molecule has 3 N–H and O–H groups in total. The van der Waals surface area contributed by atoms with E-state index in [4.69, 9.17) is 4.98 Å². The second-order valence-electron chi connectivity index (χ2n) is 9.71. The van der Waals surface area contributed by atoms with Gasteiger partial charge in [0.15, 0.2) is 11.5 Å². The van der Waals surface area contributed by atoms with Crippen LogP contribution in [0.1, 0.15) is 55.6 Å². The SMILES string of the molecule is CC(C)CNc1nc(-c2ccc(C(C)O)cc2)cn2c(-c3ccc(C(=O)NC4CC4)cc3)cnc12. The van der Waals surface area contributed by atoms with Gasteiger partial charge in [-0.25, -0.2) is 9.97 Å². The summed E-state index contributed by atoms with van der Waals surface area (Å²) < 4.78 is 2.05. The Bertz CT molecular complexity index is 1340. The van der Waals surface area contributed by atoms with Gasteiger partial charge in [0.25, 0.3) is 5.91 Å². The van der Waals surface area contributed by atoms with Crippen molar-refractivity contribution in [2.45, 2.75) is 45.8 Å². The van der Waals surface area contributed by atoms with Crippen LogP contribution in [0.25, 0.3) is 28.2 Å². The molecule has 7 heteroatoms. The first kappa shape index (κ1) is 23.1. The number of hydrogen-bond acceptors (Lipinski definition) is 5. The Hall–Kier alpha value is -3.71. The highest BCUT2D eigenvalue weighted by Crippen LogP contribution is 2.29. The quantitative estimate of drug-likeness (QED) is 0.335. The van der Waals surface area contributed by atoms with Crippen LogP contribution in [0.4, 0.5) is 5.82 Å². The maximum atomic E-state index is 12.4. The van der Waals surface area contributed by atoms with Gasteiger partial charge in [0.2, 0.25) is 0 Å². The fourth-order valence-corrected chi connectivity index (χ4v) is 3.98. The number of aliphatic hydroxyl groups excluding tert-OH is 1. The summed E-state index contributed by atoms with van der Waals surface area (Å²) in [5.41, 5.74) is 5.93. The van der Waals surface area contributed by atoms with Gasteiger partial charge >= 0.3 is 0 Å². The Labute approximate surface area is 205 Å². The molecule has 0 aliphatic heterocycles. The van der Waals surface area contributed by atoms with Gasteiger partial charge in [0.1, 0.15) is 0 Å². The lowest BCUT2D eigenvalue weighted by atomic mass is 10.1. The number of amides is 1. The maximum absolute atomic E-state index is 12.4. The highest BCUT2D eigenvalue weighted by molar-refractivity contribution is 5.95. The summed E-state index contributed by atoms with van der Waals surface area (Å²) in [6, 6.07) is 15.8. The summed E-state index contributed by atoms with van der Waals surface area (Å²) >= 11 is 0. The number of carbonyl (C=O) groups is 1. The maximum Gasteiger partial charge on any atom is 0.251 e. The van der Waals surface area contributed by atoms with Crippen molar-refractivity contribution in [3.05, 3.63) is 72.1 Å². The lowest BCUT2D eigenvalue weighted by Crippen LogP contribution is -2.25. The van der Waals surface area contributed by atoms with Gasteiger partial charge in [-0.15, -0.1) is 0 Å². The summed E-state index contributed by atoms with van der Waals surface area (Å²) in [4.78, 5) is 21.9. The first-order chi connectivity index (χ1) is 16.9. The average molecular weight is 470 g/mol. The fraction of sp³-hybridized carbons (Fsp3) is 0.321. The molecular weight excluding hydrogens is 438 g/mol. The number of nitrogens with one attached hydrogen (secondary N) is 2. The molecule has 0 saturated heterocycles. The second-order valence-corrected chi connectivity index (χ2v) is 9.71. The molecule has 7 nitrogen and oxygen atoms in total. The highest BCUT2D eigenvalue weighted by atomic mass is 16.3. The van der Waals surface area contributed by atoms with Gasteiger partial charge in [-0.1, -0.05) is 50.2 Å². The minimum atomic E-state index is -0.516. The van der Waals surface area contributed by atoms with Crippen molar-refractivity contribution < 1.29 is 9.90 Å². The molecule has 2 heterocycles. The van der Waals surface area contributed by atoms with Crippen LogP contribution in [0.3, 0.4) is 0 Å². The summed E-state index contributed by atoms with van der Waals surface area (Å²) in [5.74, 6) is 1.15. The number of anilines is 1. The number of carbonyl (C=O) groups excluding carboxylic acids is 1. The van der Waals surface area contributed by atoms with Gasteiger partial charge in [0.05, 0.1) is 23.7 Å². The number of benzene rings is 2. The standard InChI is InChI=1S/C28H31N5O2/c1-17(2)14-29-26-27-30-15-25(21-8-10-22(11-9-21)28(35)31-23-12-13-23)33(27)16-24(32-26)20-6-4-19(5-7-20)18(3)34/h4-11,15-18,23,34H,12-14H2,1-3H3,(H,29,32)(H,31,35). The number of aromatic nitrogens is 3. The van der Waals surface area contributed by atoms with Crippen LogP contribution in [0, 0.1) is 5.92 Å². The molecule has 1 amide bonds. The number of nitrogens with zero attached hydrogens (tertiary/aromatic N) is 3. The van der Waals surface area contributed by atoms with Crippen LogP contribution in [-0.2, 0) is 0 Å². The van der Waals surface area contributed by atoms with Crippen LogP contribution >= 0.6 is 0 Å².